The van der Waals surface area contributed by atoms with E-state index in [0.29, 0.717) is 23.4 Å². The molecule has 0 bridgehead atoms. The molecule has 5 nitrogen and oxygen atoms in total. The largest absolute Gasteiger partial charge is 0.351 e. The molecule has 1 aliphatic rings. The predicted molar refractivity (Wildman–Crippen MR) is 132 cm³/mol. The Hall–Kier alpha value is -3.36. The number of allylic oxidation sites excluding steroid dienone is 1. The van der Waals surface area contributed by atoms with Gasteiger partial charge in [-0.1, -0.05) is 53.7 Å². The Morgan fingerprint density at radius 1 is 1.12 bits per heavy atom. The highest BCUT2D eigenvalue weighted by atomic mass is 32.1. The third kappa shape index (κ3) is 4.44. The number of benzene rings is 2. The van der Waals surface area contributed by atoms with Crippen molar-refractivity contribution in [2.45, 2.75) is 19.4 Å². The second-order valence-corrected chi connectivity index (χ2v) is 9.13. The average Bonchev–Trinajstić information content (AvgIpc) is 3.52. The molecule has 1 atom stereocenters. The molecule has 5 rings (SSSR count). The van der Waals surface area contributed by atoms with Gasteiger partial charge in [-0.05, 0) is 54.7 Å². The van der Waals surface area contributed by atoms with Crippen molar-refractivity contribution in [2.75, 3.05) is 6.54 Å². The van der Waals surface area contributed by atoms with E-state index in [1.807, 2.05) is 54.3 Å². The number of thiocarbonyl (C=S) groups is 1. The molecule has 8 heteroatoms. The van der Waals surface area contributed by atoms with Crippen molar-refractivity contribution in [3.63, 3.8) is 0 Å². The van der Waals surface area contributed by atoms with E-state index in [0.717, 1.165) is 28.8 Å². The van der Waals surface area contributed by atoms with Crippen LogP contribution in [0.1, 0.15) is 29.3 Å². The second kappa shape index (κ2) is 9.25. The zero-order valence-corrected chi connectivity index (χ0v) is 19.5. The number of rotatable bonds is 6. The summed E-state index contributed by atoms with van der Waals surface area (Å²) < 4.78 is 19.8. The number of nitrogens with one attached hydrogen (secondary N) is 1. The van der Waals surface area contributed by atoms with E-state index < -0.39 is 6.04 Å². The second-order valence-electron chi connectivity index (χ2n) is 7.71. The Kier molecular flexibility index (Phi) is 6.02. The summed E-state index contributed by atoms with van der Waals surface area (Å²) in [6, 6.07) is 19.9. The smallest absolute Gasteiger partial charge is 0.258 e. The van der Waals surface area contributed by atoms with E-state index in [2.05, 4.69) is 26.9 Å². The van der Waals surface area contributed by atoms with Crippen LogP contribution < -0.4 is 5.32 Å². The van der Waals surface area contributed by atoms with Gasteiger partial charge in [0.05, 0.1) is 11.6 Å². The van der Waals surface area contributed by atoms with Crippen molar-refractivity contribution in [1.29, 1.82) is 0 Å². The van der Waals surface area contributed by atoms with Gasteiger partial charge in [0, 0.05) is 22.7 Å². The zero-order valence-electron chi connectivity index (χ0n) is 17.9. The molecule has 0 saturated carbocycles. The first-order chi connectivity index (χ1) is 16.1. The fourth-order valence-corrected chi connectivity index (χ4v) is 5.02. The normalized spacial score (nSPS) is 16.2. The lowest BCUT2D eigenvalue weighted by atomic mass is 9.94. The SMILES string of the molecule is CC1=C(c2nc(-c3ccccc3)no2)C(c2cccc(F)c2)NC(=S)N1CCc1cccs1. The highest BCUT2D eigenvalue weighted by Crippen LogP contribution is 2.37. The molecule has 1 unspecified atom stereocenters. The first-order valence-electron chi connectivity index (χ1n) is 10.6. The Labute approximate surface area is 200 Å². The highest BCUT2D eigenvalue weighted by molar-refractivity contribution is 7.80. The van der Waals surface area contributed by atoms with Gasteiger partial charge >= 0.3 is 0 Å². The van der Waals surface area contributed by atoms with Crippen LogP contribution in [0.3, 0.4) is 0 Å². The lowest BCUT2D eigenvalue weighted by Crippen LogP contribution is -2.46. The summed E-state index contributed by atoms with van der Waals surface area (Å²) >= 11 is 7.44. The average molecular weight is 477 g/mol. The molecule has 2 aromatic heterocycles. The zero-order chi connectivity index (χ0) is 22.8. The minimum absolute atomic E-state index is 0.312. The number of halogens is 1. The molecule has 33 heavy (non-hydrogen) atoms. The quantitative estimate of drug-likeness (QED) is 0.353. The van der Waals surface area contributed by atoms with Crippen molar-refractivity contribution in [3.8, 4) is 11.4 Å². The van der Waals surface area contributed by atoms with Crippen LogP contribution in [0.2, 0.25) is 0 Å². The van der Waals surface area contributed by atoms with Crippen LogP contribution in [0.4, 0.5) is 4.39 Å². The summed E-state index contributed by atoms with van der Waals surface area (Å²) in [5.74, 6) is 0.576. The van der Waals surface area contributed by atoms with Crippen LogP contribution in [0.15, 0.2) is 82.3 Å². The molecule has 0 radical (unpaired) electrons. The molecule has 0 fully saturated rings. The Balaban J connectivity index is 1.56. The molecule has 166 valence electrons. The first kappa shape index (κ1) is 21.5. The van der Waals surface area contributed by atoms with Crippen molar-refractivity contribution in [1.82, 2.24) is 20.4 Å². The Morgan fingerprint density at radius 2 is 1.97 bits per heavy atom. The maximum Gasteiger partial charge on any atom is 0.258 e. The first-order valence-corrected chi connectivity index (χ1v) is 11.8. The highest BCUT2D eigenvalue weighted by Gasteiger charge is 2.34. The van der Waals surface area contributed by atoms with E-state index in [1.54, 1.807) is 17.4 Å². The van der Waals surface area contributed by atoms with E-state index in [-0.39, 0.29) is 5.82 Å². The minimum Gasteiger partial charge on any atom is -0.351 e. The maximum absolute atomic E-state index is 14.1. The summed E-state index contributed by atoms with van der Waals surface area (Å²) in [6.45, 7) is 2.70. The Morgan fingerprint density at radius 3 is 2.73 bits per heavy atom. The standard InChI is InChI=1S/C25H21FN4OS2/c1-16-21(24-28-23(29-31-24)17-7-3-2-4-8-17)22(18-9-5-10-19(26)15-18)27-25(32)30(16)13-12-20-11-6-14-33-20/h2-11,14-15,22H,12-13H2,1H3,(H,27,32). The van der Waals surface area contributed by atoms with E-state index in [4.69, 9.17) is 16.7 Å². The summed E-state index contributed by atoms with van der Waals surface area (Å²) in [4.78, 5) is 8.01. The van der Waals surface area contributed by atoms with E-state index in [1.165, 1.54) is 17.0 Å². The number of aromatic nitrogens is 2. The van der Waals surface area contributed by atoms with Gasteiger partial charge in [0.15, 0.2) is 5.11 Å². The van der Waals surface area contributed by atoms with Gasteiger partial charge in [-0.3, -0.25) is 0 Å². The molecule has 0 aliphatic carbocycles. The van der Waals surface area contributed by atoms with Crippen LogP contribution in [0.5, 0.6) is 0 Å². The fourth-order valence-electron chi connectivity index (χ4n) is 3.98. The number of nitrogens with zero attached hydrogens (tertiary/aromatic N) is 3. The van der Waals surface area contributed by atoms with Crippen molar-refractivity contribution < 1.29 is 8.91 Å². The minimum atomic E-state index is -0.407. The molecular weight excluding hydrogens is 455 g/mol. The summed E-state index contributed by atoms with van der Waals surface area (Å²) in [6.07, 6.45) is 0.855. The molecule has 3 heterocycles. The van der Waals surface area contributed by atoms with E-state index >= 15 is 0 Å². The maximum atomic E-state index is 14.1. The monoisotopic (exact) mass is 476 g/mol. The van der Waals surface area contributed by atoms with Gasteiger partial charge in [-0.2, -0.15) is 4.98 Å². The van der Waals surface area contributed by atoms with Crippen molar-refractivity contribution in [3.05, 3.63) is 100.0 Å². The fraction of sp³-hybridized carbons (Fsp3) is 0.160. The molecule has 2 aromatic carbocycles. The third-order valence-electron chi connectivity index (χ3n) is 5.63. The summed E-state index contributed by atoms with van der Waals surface area (Å²) in [5.41, 5.74) is 3.30. The lowest BCUT2D eigenvalue weighted by Gasteiger charge is -2.37. The van der Waals surface area contributed by atoms with Crippen LogP contribution in [-0.4, -0.2) is 26.7 Å². The predicted octanol–water partition coefficient (Wildman–Crippen LogP) is 5.84. The van der Waals surface area contributed by atoms with Gasteiger partial charge in [-0.15, -0.1) is 11.3 Å². The summed E-state index contributed by atoms with van der Waals surface area (Å²) in [7, 11) is 0. The van der Waals surface area contributed by atoms with Gasteiger partial charge in [-0.25, -0.2) is 4.39 Å². The van der Waals surface area contributed by atoms with Crippen LogP contribution >= 0.6 is 23.6 Å². The van der Waals surface area contributed by atoms with Gasteiger partial charge in [0.2, 0.25) is 5.82 Å². The number of hydrogen-bond donors (Lipinski definition) is 1. The van der Waals surface area contributed by atoms with Crippen molar-refractivity contribution >= 4 is 34.2 Å². The Bertz CT molecular complexity index is 1300. The molecule has 0 spiro atoms. The van der Waals surface area contributed by atoms with Crippen LogP contribution in [0, 0.1) is 5.82 Å². The lowest BCUT2D eigenvalue weighted by molar-refractivity contribution is 0.397. The van der Waals surface area contributed by atoms with E-state index in [9.17, 15) is 4.39 Å². The number of hydrogen-bond acceptors (Lipinski definition) is 5. The molecule has 0 amide bonds. The van der Waals surface area contributed by atoms with Crippen LogP contribution in [0.25, 0.3) is 17.0 Å². The van der Waals surface area contributed by atoms with Gasteiger partial charge in [0.25, 0.3) is 5.89 Å². The molecular formula is C25H21FN4OS2. The third-order valence-corrected chi connectivity index (χ3v) is 6.90. The topological polar surface area (TPSA) is 54.2 Å². The van der Waals surface area contributed by atoms with Gasteiger partial charge in [0.1, 0.15) is 5.82 Å². The molecule has 4 aromatic rings. The molecule has 0 saturated heterocycles. The number of thiophene rings is 1. The summed E-state index contributed by atoms with van der Waals surface area (Å²) in [5, 5.41) is 10.2. The molecule has 1 aliphatic heterocycles. The van der Waals surface area contributed by atoms with Gasteiger partial charge < -0.3 is 14.7 Å². The molecule has 1 N–H and O–H groups in total. The van der Waals surface area contributed by atoms with Crippen molar-refractivity contribution in [2.24, 2.45) is 0 Å². The van der Waals surface area contributed by atoms with Crippen LogP contribution in [-0.2, 0) is 6.42 Å².